The Labute approximate surface area is 686 Å². The lowest BCUT2D eigenvalue weighted by molar-refractivity contribution is -0.101. The predicted octanol–water partition coefficient (Wildman–Crippen LogP) is 9.06. The van der Waals surface area contributed by atoms with E-state index in [0.29, 0.717) is 103 Å². The molecule has 8 aliphatic heterocycles. The van der Waals surface area contributed by atoms with E-state index >= 15 is 0 Å². The third kappa shape index (κ3) is 17.0. The van der Waals surface area contributed by atoms with Crippen LogP contribution in [0.15, 0.2) is 97.1 Å². The summed E-state index contributed by atoms with van der Waals surface area (Å²) in [5.74, 6) is 0.339. The Morgan fingerprint density at radius 1 is 0.518 bits per heavy atom. The van der Waals surface area contributed by atoms with Gasteiger partial charge in [0, 0.05) is 176 Å². The highest BCUT2D eigenvalue weighted by Gasteiger charge is 2.54. The van der Waals surface area contributed by atoms with E-state index in [9.17, 15) is 43.3 Å². The molecule has 16 rings (SSSR count). The molecular weight excluding hydrogens is 1570 g/mol. The van der Waals surface area contributed by atoms with Gasteiger partial charge in [-0.3, -0.25) is 29.2 Å². The van der Waals surface area contributed by atoms with Gasteiger partial charge in [0.1, 0.15) is 22.7 Å². The van der Waals surface area contributed by atoms with Gasteiger partial charge < -0.3 is 28.7 Å². The molecule has 4 saturated heterocycles. The first-order chi connectivity index (χ1) is 54.2. The number of fused-ring (bicyclic) bond motifs is 10. The molecule has 0 aromatic heterocycles. The molecule has 4 aromatic rings. The molecule has 114 heavy (non-hydrogen) atoms. The zero-order valence-corrected chi connectivity index (χ0v) is 72.1. The number of ether oxygens (including phenoxy) is 4. The number of aryl methyl sites for hydroxylation is 2. The van der Waals surface area contributed by atoms with E-state index in [1.165, 1.54) is 34.8 Å². The maximum absolute atomic E-state index is 13.7. The van der Waals surface area contributed by atoms with Crippen LogP contribution in [-0.2, 0) is 73.2 Å². The van der Waals surface area contributed by atoms with Crippen molar-refractivity contribution < 1.29 is 62.2 Å². The van der Waals surface area contributed by atoms with Gasteiger partial charge in [0.25, 0.3) is 11.8 Å². The molecule has 0 radical (unpaired) electrons. The van der Waals surface area contributed by atoms with Crippen LogP contribution in [0.1, 0.15) is 135 Å². The third-order valence-electron chi connectivity index (χ3n) is 28.6. The Kier molecular flexibility index (Phi) is 24.2. The molecule has 14 atom stereocenters. The topological polar surface area (TPSA) is 258 Å². The maximum atomic E-state index is 13.7. The Morgan fingerprint density at radius 2 is 0.921 bits per heavy atom. The number of halogens is 2. The van der Waals surface area contributed by atoms with Crippen LogP contribution in [0.4, 0.5) is 11.4 Å². The van der Waals surface area contributed by atoms with Gasteiger partial charge >= 0.3 is 0 Å². The smallest absolute Gasteiger partial charge is 0.264 e. The number of hydrogen-bond acceptors (Lipinski definition) is 20. The Balaban J connectivity index is 0.000000180. The van der Waals surface area contributed by atoms with Crippen molar-refractivity contribution in [2.75, 3.05) is 168 Å². The first-order valence-electron chi connectivity index (χ1n) is 41.2. The number of nitrogens with zero attached hydrogens (tertiary/aromatic N) is 8. The molecule has 2 N–H and O–H groups in total. The number of nitrogens with one attached hydrogen (secondary N) is 2. The van der Waals surface area contributed by atoms with E-state index in [2.05, 4.69) is 87.4 Å². The van der Waals surface area contributed by atoms with Gasteiger partial charge in [0.05, 0.1) is 47.6 Å². The molecule has 2 saturated carbocycles. The lowest BCUT2D eigenvalue weighted by Gasteiger charge is -2.53. The van der Waals surface area contributed by atoms with Crippen molar-refractivity contribution in [1.29, 1.82) is 0 Å². The van der Waals surface area contributed by atoms with Gasteiger partial charge in [0.15, 0.2) is 0 Å². The summed E-state index contributed by atoms with van der Waals surface area (Å²) in [4.78, 5) is 41.9. The van der Waals surface area contributed by atoms with Crippen molar-refractivity contribution in [2.24, 2.45) is 35.5 Å². The van der Waals surface area contributed by atoms with E-state index in [-0.39, 0.29) is 69.5 Å². The summed E-state index contributed by atoms with van der Waals surface area (Å²) in [5, 5.41) is -0.210. The van der Waals surface area contributed by atoms with Crippen LogP contribution in [0, 0.1) is 35.5 Å². The number of anilines is 2. The first kappa shape index (κ1) is 83.6. The highest BCUT2D eigenvalue weighted by molar-refractivity contribution is 7.91. The van der Waals surface area contributed by atoms with E-state index in [1.54, 1.807) is 48.8 Å². The zero-order valence-electron chi connectivity index (χ0n) is 67.3. The highest BCUT2D eigenvalue weighted by Crippen LogP contribution is 2.53. The SMILES string of the molecule is CO[C@@]1(CN2CCN3CCN(S(C)(=O)=O)C[C@@H]3C2)/C=C/C[C@H](C)[C@@H](C)S(=O)(=O)NC(=O)c2ccc3c(c2)N(C[C@@H]2CC[C@H]21)C[C@@]1(CCCc2cc(Cl)ccc21)CO3.CO[C@@]1(CN2CCN3CCN(S(C)(=O)=O)C[C@H]3C2)/C=C/C[C@H](C)[C@@H](C)S(=O)(=O)NC(=O)c2ccc3c(c2)N(C[C@@H]2CC[C@H]21)C[C@@]1(CCCc2cc(Cl)ccc21)CO3. The Morgan fingerprint density at radius 3 is 1.30 bits per heavy atom. The summed E-state index contributed by atoms with van der Waals surface area (Å²) in [6, 6.07) is 23.2. The standard InChI is InChI=1S/2C42H58ClN5O7S2/c2*1-29-7-5-16-42(54-3,27-45-17-18-46-19-20-48(56(4,50)51)25-35(46)24-45)37-12-9-33(37)23-47-26-41(15-6-8-31-21-34(43)11-13-36(31)41)28-55-39-14-10-32(22-38(39)47)40(49)44-57(52,53)30(29)2/h2*5,10-11,13-14,16,21-22,29-30,33,35,37H,6-9,12,15,17-20,23-28H2,1-4H3,(H,44,49)/b2*16-5+/t29-,30+,33-,35+,37+,41-,42+;29-,30+,33-,35-,37+,41-,42+/m00/s1. The lowest BCUT2D eigenvalue weighted by Crippen LogP contribution is -2.65. The number of carbonyl (C=O) groups is 2. The molecule has 4 aliphatic carbocycles. The normalized spacial score (nSPS) is 34.4. The van der Waals surface area contributed by atoms with Gasteiger partial charge in [-0.1, -0.05) is 73.5 Å². The second kappa shape index (κ2) is 32.9. The van der Waals surface area contributed by atoms with Gasteiger partial charge in [-0.25, -0.2) is 43.1 Å². The van der Waals surface area contributed by atoms with Crippen LogP contribution >= 0.6 is 23.2 Å². The average Bonchev–Trinajstić information content (AvgIpc) is 1.39. The van der Waals surface area contributed by atoms with Crippen LogP contribution in [0.25, 0.3) is 0 Å². The second-order valence-electron chi connectivity index (χ2n) is 35.5. The molecule has 0 unspecified atom stereocenters. The van der Waals surface area contributed by atoms with Gasteiger partial charge in [-0.2, -0.15) is 8.61 Å². The minimum atomic E-state index is -4.01. The largest absolute Gasteiger partial charge is 0.490 e. The molecule has 4 aromatic carbocycles. The van der Waals surface area contributed by atoms with Crippen molar-refractivity contribution in [3.8, 4) is 11.5 Å². The maximum Gasteiger partial charge on any atom is 0.264 e. The summed E-state index contributed by atoms with van der Waals surface area (Å²) in [5.41, 5.74) is 5.17. The Hall–Kier alpha value is -5.44. The van der Waals surface area contributed by atoms with Gasteiger partial charge in [-0.05, 0) is 209 Å². The molecule has 12 aliphatic rings. The number of rotatable bonds is 8. The number of allylic oxidation sites excluding steroid dienone is 2. The first-order valence-corrected chi connectivity index (χ1v) is 48.8. The van der Waals surface area contributed by atoms with E-state index in [4.69, 9.17) is 42.1 Å². The van der Waals surface area contributed by atoms with E-state index in [1.807, 2.05) is 50.2 Å². The van der Waals surface area contributed by atoms with E-state index < -0.39 is 73.6 Å². The molecule has 624 valence electrons. The van der Waals surface area contributed by atoms with Crippen molar-refractivity contribution in [3.63, 3.8) is 0 Å². The average molecular weight is 1690 g/mol. The minimum Gasteiger partial charge on any atom is -0.490 e. The fraction of sp³-hybridized carbons (Fsp3) is 0.643. The molecule has 30 heteroatoms. The summed E-state index contributed by atoms with van der Waals surface area (Å²) >= 11 is 13.0. The summed E-state index contributed by atoms with van der Waals surface area (Å²) in [6.45, 7) is 20.5. The van der Waals surface area contributed by atoms with Gasteiger partial charge in [-0.15, -0.1) is 0 Å². The van der Waals surface area contributed by atoms with Crippen LogP contribution in [0.2, 0.25) is 10.0 Å². The number of hydrogen-bond donors (Lipinski definition) is 2. The minimum absolute atomic E-state index is 0.0945. The van der Waals surface area contributed by atoms with Crippen LogP contribution < -0.4 is 28.7 Å². The van der Waals surface area contributed by atoms with Crippen LogP contribution in [0.5, 0.6) is 11.5 Å². The molecule has 8 heterocycles. The second-order valence-corrected chi connectivity index (χ2v) is 44.4. The van der Waals surface area contributed by atoms with Crippen molar-refractivity contribution in [1.82, 2.24) is 37.7 Å². The van der Waals surface area contributed by atoms with Crippen molar-refractivity contribution in [2.45, 2.75) is 149 Å². The predicted molar refractivity (Wildman–Crippen MR) is 446 cm³/mol. The van der Waals surface area contributed by atoms with Gasteiger partial charge in [0.2, 0.25) is 40.1 Å². The molecule has 6 fully saturated rings. The fourth-order valence-electron chi connectivity index (χ4n) is 21.2. The van der Waals surface area contributed by atoms with Crippen LogP contribution in [-0.4, -0.2) is 265 Å². The molecule has 2 spiro atoms. The molecule has 4 bridgehead atoms. The monoisotopic (exact) mass is 1690 g/mol. The number of piperazine rings is 4. The number of carbonyl (C=O) groups excluding carboxylic acids is 2. The number of amides is 2. The molecular formula is C84H116Cl2N10O14S4. The quantitative estimate of drug-likeness (QED) is 0.156. The van der Waals surface area contributed by atoms with Crippen molar-refractivity contribution in [3.05, 3.63) is 141 Å². The third-order valence-corrected chi connectivity index (χ3v) is 35.4. The molecule has 24 nitrogen and oxygen atoms in total. The Bertz CT molecular complexity index is 4540. The van der Waals surface area contributed by atoms with Crippen LogP contribution in [0.3, 0.4) is 0 Å². The van der Waals surface area contributed by atoms with E-state index in [0.717, 1.165) is 138 Å². The summed E-state index contributed by atoms with van der Waals surface area (Å²) in [6.07, 6.45) is 21.9. The number of benzene rings is 4. The van der Waals surface area contributed by atoms with Crippen molar-refractivity contribution >= 4 is 86.5 Å². The summed E-state index contributed by atoms with van der Waals surface area (Å²) in [7, 11) is -11.0. The fourth-order valence-corrected chi connectivity index (χ4v) is 25.9. The summed E-state index contributed by atoms with van der Waals surface area (Å²) < 4.78 is 140. The highest BCUT2D eigenvalue weighted by atomic mass is 35.5. The zero-order chi connectivity index (χ0) is 80.7. The molecule has 2 amide bonds. The lowest BCUT2D eigenvalue weighted by atomic mass is 9.63. The number of methoxy groups -OCH3 is 2. The number of sulfonamides is 4.